The predicted octanol–water partition coefficient (Wildman–Crippen LogP) is 4.78. The minimum absolute atomic E-state index is 0.0819. The number of hydrogen-bond acceptors (Lipinski definition) is 4. The van der Waals surface area contributed by atoms with Crippen molar-refractivity contribution in [3.8, 4) is 5.75 Å². The van der Waals surface area contributed by atoms with E-state index in [1.165, 1.54) is 5.56 Å². The molecule has 0 bridgehead atoms. The van der Waals surface area contributed by atoms with Crippen LogP contribution in [-0.4, -0.2) is 43.4 Å². The van der Waals surface area contributed by atoms with Crippen LogP contribution < -0.4 is 4.74 Å². The van der Waals surface area contributed by atoms with Gasteiger partial charge in [-0.25, -0.2) is 0 Å². The molecule has 4 nitrogen and oxygen atoms in total. The monoisotopic (exact) mass is 409 g/mol. The Morgan fingerprint density at radius 1 is 1.17 bits per heavy atom. The van der Waals surface area contributed by atoms with E-state index in [0.717, 1.165) is 36.3 Å². The number of nitrogens with zero attached hydrogens (tertiary/aromatic N) is 1. The molecule has 3 unspecified atom stereocenters. The van der Waals surface area contributed by atoms with Crippen LogP contribution in [0.4, 0.5) is 0 Å². The summed E-state index contributed by atoms with van der Waals surface area (Å²) in [5.74, 6) is 0.855. The average molecular weight is 410 g/mol. The lowest BCUT2D eigenvalue weighted by atomic mass is 9.70. The molecule has 1 aliphatic carbocycles. The second kappa shape index (κ2) is 10.3. The molecule has 4 heteroatoms. The molecule has 0 amide bonds. The summed E-state index contributed by atoms with van der Waals surface area (Å²) in [5.41, 5.74) is 2.19. The Bertz CT molecular complexity index is 820. The molecule has 2 aromatic carbocycles. The van der Waals surface area contributed by atoms with Crippen molar-refractivity contribution in [2.24, 2.45) is 5.92 Å². The third kappa shape index (κ3) is 5.94. The maximum absolute atomic E-state index is 11.8. The van der Waals surface area contributed by atoms with E-state index in [4.69, 9.17) is 9.47 Å². The van der Waals surface area contributed by atoms with Crippen molar-refractivity contribution >= 4 is 0 Å². The molecule has 1 saturated carbocycles. The first-order valence-corrected chi connectivity index (χ1v) is 10.8. The normalized spacial score (nSPS) is 24.0. The zero-order chi connectivity index (χ0) is 21.6. The van der Waals surface area contributed by atoms with Crippen molar-refractivity contribution in [1.29, 1.82) is 0 Å². The van der Waals surface area contributed by atoms with Crippen LogP contribution in [0.3, 0.4) is 0 Å². The Hall–Kier alpha value is -2.14. The van der Waals surface area contributed by atoms with E-state index in [1.807, 2.05) is 49.4 Å². The van der Waals surface area contributed by atoms with Crippen LogP contribution >= 0.6 is 0 Å². The van der Waals surface area contributed by atoms with Crippen LogP contribution in [0.1, 0.15) is 37.3 Å². The predicted molar refractivity (Wildman–Crippen MR) is 122 cm³/mol. The van der Waals surface area contributed by atoms with Gasteiger partial charge in [0, 0.05) is 12.5 Å². The van der Waals surface area contributed by atoms with E-state index in [9.17, 15) is 5.11 Å². The molecule has 30 heavy (non-hydrogen) atoms. The Morgan fingerprint density at radius 2 is 1.93 bits per heavy atom. The van der Waals surface area contributed by atoms with Crippen LogP contribution in [0.25, 0.3) is 0 Å². The third-order valence-electron chi connectivity index (χ3n) is 5.80. The molecule has 0 aromatic heterocycles. The maximum atomic E-state index is 11.8. The number of aliphatic hydroxyl groups is 1. The molecule has 162 valence electrons. The van der Waals surface area contributed by atoms with Crippen molar-refractivity contribution in [3.63, 3.8) is 0 Å². The lowest BCUT2D eigenvalue weighted by molar-refractivity contribution is -0.110. The standard InChI is InChI=1S/C26H35NO3/c1-20(2)18-29-24-12-8-11-22(15-24)26(28)14-13-25(16-23(26)17-27(3)4)30-19-21-9-6-5-7-10-21/h5-12,15,23,25,28H,1,13-14,16-19H2,2-4H3. The second-order valence-electron chi connectivity index (χ2n) is 8.85. The van der Waals surface area contributed by atoms with Crippen LogP contribution in [0.2, 0.25) is 0 Å². The van der Waals surface area contributed by atoms with Gasteiger partial charge in [0.05, 0.1) is 18.3 Å². The number of rotatable bonds is 9. The van der Waals surface area contributed by atoms with E-state index in [0.29, 0.717) is 19.6 Å². The van der Waals surface area contributed by atoms with Crippen LogP contribution in [0.5, 0.6) is 5.75 Å². The number of benzene rings is 2. The molecule has 1 N–H and O–H groups in total. The highest BCUT2D eigenvalue weighted by molar-refractivity contribution is 5.34. The van der Waals surface area contributed by atoms with Gasteiger partial charge < -0.3 is 19.5 Å². The van der Waals surface area contributed by atoms with Gasteiger partial charge in [0.25, 0.3) is 0 Å². The fourth-order valence-electron chi connectivity index (χ4n) is 4.26. The molecule has 0 heterocycles. The SMILES string of the molecule is C=C(C)COc1cccc(C2(O)CCC(OCc3ccccc3)CC2CN(C)C)c1. The molecule has 2 aromatic rings. The number of ether oxygens (including phenoxy) is 2. The Kier molecular flexibility index (Phi) is 7.70. The summed E-state index contributed by atoms with van der Waals surface area (Å²) in [6, 6.07) is 18.2. The first-order chi connectivity index (χ1) is 14.4. The first kappa shape index (κ1) is 22.5. The summed E-state index contributed by atoms with van der Waals surface area (Å²) in [4.78, 5) is 2.15. The van der Waals surface area contributed by atoms with Gasteiger partial charge >= 0.3 is 0 Å². The highest BCUT2D eigenvalue weighted by Gasteiger charge is 2.44. The summed E-state index contributed by atoms with van der Waals surface area (Å²) in [5, 5.41) is 11.8. The Balaban J connectivity index is 1.73. The van der Waals surface area contributed by atoms with Crippen molar-refractivity contribution in [2.75, 3.05) is 27.2 Å². The van der Waals surface area contributed by atoms with Crippen LogP contribution in [0.15, 0.2) is 66.7 Å². The summed E-state index contributed by atoms with van der Waals surface area (Å²) in [7, 11) is 4.11. The van der Waals surface area contributed by atoms with E-state index < -0.39 is 5.60 Å². The third-order valence-corrected chi connectivity index (χ3v) is 5.80. The Labute approximate surface area is 181 Å². The highest BCUT2D eigenvalue weighted by atomic mass is 16.5. The van der Waals surface area contributed by atoms with E-state index in [1.54, 1.807) is 0 Å². The summed E-state index contributed by atoms with van der Waals surface area (Å²) < 4.78 is 12.1. The summed E-state index contributed by atoms with van der Waals surface area (Å²) >= 11 is 0. The van der Waals surface area contributed by atoms with Gasteiger partial charge in [-0.1, -0.05) is 49.0 Å². The van der Waals surface area contributed by atoms with E-state index in [2.05, 4.69) is 37.7 Å². The van der Waals surface area contributed by atoms with Gasteiger partial charge in [-0.05, 0) is 69.1 Å². The van der Waals surface area contributed by atoms with Gasteiger partial charge in [0.1, 0.15) is 12.4 Å². The second-order valence-corrected chi connectivity index (χ2v) is 8.85. The average Bonchev–Trinajstić information content (AvgIpc) is 2.73. The van der Waals surface area contributed by atoms with Crippen molar-refractivity contribution in [3.05, 3.63) is 77.9 Å². The van der Waals surface area contributed by atoms with Gasteiger partial charge in [0.15, 0.2) is 0 Å². The zero-order valence-corrected chi connectivity index (χ0v) is 18.5. The number of hydrogen-bond donors (Lipinski definition) is 1. The fraction of sp³-hybridized carbons (Fsp3) is 0.462. The molecule has 3 rings (SSSR count). The smallest absolute Gasteiger partial charge is 0.120 e. The topological polar surface area (TPSA) is 41.9 Å². The molecule has 3 atom stereocenters. The van der Waals surface area contributed by atoms with Gasteiger partial charge in [-0.3, -0.25) is 0 Å². The largest absolute Gasteiger partial charge is 0.489 e. The van der Waals surface area contributed by atoms with Crippen LogP contribution in [-0.2, 0) is 16.9 Å². The molecule has 0 aliphatic heterocycles. The minimum atomic E-state index is -0.889. The van der Waals surface area contributed by atoms with Gasteiger partial charge in [0.2, 0.25) is 0 Å². The van der Waals surface area contributed by atoms with Gasteiger partial charge in [-0.15, -0.1) is 0 Å². The molecular formula is C26H35NO3. The molecule has 0 saturated heterocycles. The maximum Gasteiger partial charge on any atom is 0.120 e. The minimum Gasteiger partial charge on any atom is -0.489 e. The highest BCUT2D eigenvalue weighted by Crippen LogP contribution is 2.43. The zero-order valence-electron chi connectivity index (χ0n) is 18.5. The van der Waals surface area contributed by atoms with E-state index >= 15 is 0 Å². The quantitative estimate of drug-likeness (QED) is 0.606. The lowest BCUT2D eigenvalue weighted by Gasteiger charge is -2.44. The van der Waals surface area contributed by atoms with E-state index in [-0.39, 0.29) is 12.0 Å². The van der Waals surface area contributed by atoms with Crippen molar-refractivity contribution < 1.29 is 14.6 Å². The summed E-state index contributed by atoms with van der Waals surface area (Å²) in [6.07, 6.45) is 2.50. The van der Waals surface area contributed by atoms with Crippen LogP contribution in [0, 0.1) is 5.92 Å². The van der Waals surface area contributed by atoms with Crippen molar-refractivity contribution in [2.45, 2.75) is 44.5 Å². The summed E-state index contributed by atoms with van der Waals surface area (Å²) in [6.45, 7) is 7.74. The first-order valence-electron chi connectivity index (χ1n) is 10.8. The molecule has 0 spiro atoms. The Morgan fingerprint density at radius 3 is 2.63 bits per heavy atom. The fourth-order valence-corrected chi connectivity index (χ4v) is 4.26. The van der Waals surface area contributed by atoms with Crippen molar-refractivity contribution in [1.82, 2.24) is 4.90 Å². The molecule has 0 radical (unpaired) electrons. The molecule has 1 fully saturated rings. The lowest BCUT2D eigenvalue weighted by Crippen LogP contribution is -2.46. The molecular weight excluding hydrogens is 374 g/mol. The van der Waals surface area contributed by atoms with Gasteiger partial charge in [-0.2, -0.15) is 0 Å². The molecule has 1 aliphatic rings.